The highest BCUT2D eigenvalue weighted by molar-refractivity contribution is 6.16. The van der Waals surface area contributed by atoms with E-state index in [0.717, 1.165) is 82.7 Å². The quantitative estimate of drug-likeness (QED) is 0.168. The maximum Gasteiger partial charge on any atom is 0.238 e. The van der Waals surface area contributed by atoms with Crippen LogP contribution in [0.1, 0.15) is 0 Å². The van der Waals surface area contributed by atoms with Crippen LogP contribution >= 0.6 is 0 Å². The van der Waals surface area contributed by atoms with Crippen molar-refractivity contribution in [1.29, 1.82) is 0 Å². The van der Waals surface area contributed by atoms with Gasteiger partial charge in [-0.3, -0.25) is 4.57 Å². The van der Waals surface area contributed by atoms with E-state index in [2.05, 4.69) is 232 Å². The lowest BCUT2D eigenvalue weighted by molar-refractivity contribution is 0.952. The summed E-state index contributed by atoms with van der Waals surface area (Å²) in [7, 11) is 0. The van der Waals surface area contributed by atoms with Crippen LogP contribution in [-0.4, -0.2) is 28.7 Å². The van der Waals surface area contributed by atoms with E-state index in [4.69, 9.17) is 15.0 Å². The molecule has 13 aromatic rings. The Morgan fingerprint density at radius 1 is 0.286 bits per heavy atom. The number of hydrogen-bond acceptors (Lipinski definition) is 3. The molecule has 0 unspecified atom stereocenters. The molecule has 6 nitrogen and oxygen atoms in total. The maximum atomic E-state index is 5.51. The first-order chi connectivity index (χ1) is 31.3. The fourth-order valence-electron chi connectivity index (χ4n) is 9.82. The second kappa shape index (κ2) is 14.0. The zero-order chi connectivity index (χ0) is 41.4. The topological polar surface area (TPSA) is 53.5 Å². The van der Waals surface area contributed by atoms with Gasteiger partial charge in [0.15, 0.2) is 11.6 Å². The van der Waals surface area contributed by atoms with Crippen molar-refractivity contribution < 1.29 is 0 Å². The average Bonchev–Trinajstić information content (AvgIpc) is 4.00. The molecule has 294 valence electrons. The molecule has 0 spiro atoms. The molecule has 0 amide bonds. The third-order valence-corrected chi connectivity index (χ3v) is 12.5. The number of rotatable bonds is 6. The molecule has 0 fully saturated rings. The molecule has 4 aromatic heterocycles. The van der Waals surface area contributed by atoms with Gasteiger partial charge in [-0.05, 0) is 71.8 Å². The normalized spacial score (nSPS) is 11.8. The minimum atomic E-state index is 0.556. The van der Waals surface area contributed by atoms with E-state index in [0.29, 0.717) is 17.6 Å². The summed E-state index contributed by atoms with van der Waals surface area (Å²) in [5, 5.41) is 6.89. The highest BCUT2D eigenvalue weighted by Crippen LogP contribution is 2.41. The summed E-state index contributed by atoms with van der Waals surface area (Å²) < 4.78 is 6.91. The third-order valence-electron chi connectivity index (χ3n) is 12.5. The highest BCUT2D eigenvalue weighted by Gasteiger charge is 2.23. The van der Waals surface area contributed by atoms with Crippen LogP contribution < -0.4 is 0 Å². The molecule has 0 aliphatic rings. The minimum absolute atomic E-state index is 0.556. The highest BCUT2D eigenvalue weighted by atomic mass is 15.2. The lowest BCUT2D eigenvalue weighted by Crippen LogP contribution is -2.08. The van der Waals surface area contributed by atoms with Gasteiger partial charge in [-0.1, -0.05) is 158 Å². The Hall–Kier alpha value is -8.61. The van der Waals surface area contributed by atoms with Crippen molar-refractivity contribution in [2.75, 3.05) is 0 Å². The van der Waals surface area contributed by atoms with Gasteiger partial charge < -0.3 is 9.13 Å². The molecule has 6 heteroatoms. The van der Waals surface area contributed by atoms with Gasteiger partial charge in [0.05, 0.1) is 38.8 Å². The van der Waals surface area contributed by atoms with E-state index < -0.39 is 0 Å². The first kappa shape index (κ1) is 35.2. The molecule has 0 saturated carbocycles. The molecular formula is C57H36N6. The van der Waals surface area contributed by atoms with Gasteiger partial charge in [0.1, 0.15) is 0 Å². The molecule has 0 aliphatic heterocycles. The number of fused-ring (bicyclic) bond motifs is 9. The van der Waals surface area contributed by atoms with Gasteiger partial charge in [-0.15, -0.1) is 0 Å². The first-order valence-electron chi connectivity index (χ1n) is 21.3. The molecule has 63 heavy (non-hydrogen) atoms. The summed E-state index contributed by atoms with van der Waals surface area (Å²) in [5.41, 5.74) is 12.8. The van der Waals surface area contributed by atoms with Crippen molar-refractivity contribution in [3.63, 3.8) is 0 Å². The molecular weight excluding hydrogens is 769 g/mol. The lowest BCUT2D eigenvalue weighted by Gasteiger charge is -2.15. The number of hydrogen-bond donors (Lipinski definition) is 0. The number of aromatic nitrogens is 6. The van der Waals surface area contributed by atoms with Gasteiger partial charge in [-0.25, -0.2) is 4.98 Å². The average molecular weight is 805 g/mol. The Labute approximate surface area is 362 Å². The van der Waals surface area contributed by atoms with Crippen LogP contribution in [0.25, 0.3) is 117 Å². The zero-order valence-electron chi connectivity index (χ0n) is 34.0. The molecule has 0 bridgehead atoms. The number of benzene rings is 9. The standard InChI is InChI=1S/C57H36N6/c1-2-18-37(19-3-1)38-20-16-21-39(36-38)61-51-33-14-8-26-44(51)54-46(28-17-35-53(54)61)56-58-55(59-57(60-56)63-49-31-12-6-24-42(49)43-25-7-13-32-50(43)63)45-27-9-15-34-52(45)62-47-29-10-4-22-40(47)41-23-5-11-30-48(41)62/h1-36H. The molecule has 0 atom stereocenters. The van der Waals surface area contributed by atoms with Gasteiger partial charge >= 0.3 is 0 Å². The van der Waals surface area contributed by atoms with Crippen molar-refractivity contribution in [2.24, 2.45) is 0 Å². The molecule has 13 rings (SSSR count). The smallest absolute Gasteiger partial charge is 0.238 e. The third kappa shape index (κ3) is 5.41. The first-order valence-corrected chi connectivity index (χ1v) is 21.3. The van der Waals surface area contributed by atoms with Crippen LogP contribution in [0.5, 0.6) is 0 Å². The van der Waals surface area contributed by atoms with Crippen LogP contribution in [0.3, 0.4) is 0 Å². The van der Waals surface area contributed by atoms with E-state index in [1.807, 2.05) is 0 Å². The second-order valence-electron chi connectivity index (χ2n) is 16.0. The molecule has 0 saturated heterocycles. The summed E-state index contributed by atoms with van der Waals surface area (Å²) in [6.45, 7) is 0. The Kier molecular flexibility index (Phi) is 7.80. The molecule has 0 aliphatic carbocycles. The maximum absolute atomic E-state index is 5.51. The van der Waals surface area contributed by atoms with Crippen LogP contribution in [0.4, 0.5) is 0 Å². The van der Waals surface area contributed by atoms with Gasteiger partial charge in [0, 0.05) is 49.1 Å². The predicted molar refractivity (Wildman–Crippen MR) is 259 cm³/mol. The Balaban J connectivity index is 1.11. The van der Waals surface area contributed by atoms with E-state index in [1.165, 1.54) is 16.3 Å². The van der Waals surface area contributed by atoms with E-state index in [1.54, 1.807) is 0 Å². The number of nitrogens with zero attached hydrogens (tertiary/aromatic N) is 6. The van der Waals surface area contributed by atoms with Crippen LogP contribution in [0.2, 0.25) is 0 Å². The van der Waals surface area contributed by atoms with Crippen LogP contribution in [0, 0.1) is 0 Å². The largest absolute Gasteiger partial charge is 0.309 e. The van der Waals surface area contributed by atoms with Gasteiger partial charge in [0.2, 0.25) is 5.95 Å². The van der Waals surface area contributed by atoms with E-state index >= 15 is 0 Å². The van der Waals surface area contributed by atoms with E-state index in [9.17, 15) is 0 Å². The molecule has 0 radical (unpaired) electrons. The monoisotopic (exact) mass is 804 g/mol. The Bertz CT molecular complexity index is 3820. The fraction of sp³-hybridized carbons (Fsp3) is 0. The summed E-state index contributed by atoms with van der Waals surface area (Å²) in [4.78, 5) is 16.4. The van der Waals surface area contributed by atoms with Crippen molar-refractivity contribution in [3.8, 4) is 51.2 Å². The molecule has 9 aromatic carbocycles. The summed E-state index contributed by atoms with van der Waals surface area (Å²) in [5.74, 6) is 1.74. The Morgan fingerprint density at radius 2 is 0.730 bits per heavy atom. The number of para-hydroxylation sites is 6. The van der Waals surface area contributed by atoms with Gasteiger partial charge in [-0.2, -0.15) is 9.97 Å². The predicted octanol–water partition coefficient (Wildman–Crippen LogP) is 14.2. The minimum Gasteiger partial charge on any atom is -0.309 e. The summed E-state index contributed by atoms with van der Waals surface area (Å²) in [6.07, 6.45) is 0. The fourth-order valence-corrected chi connectivity index (χ4v) is 9.82. The van der Waals surface area contributed by atoms with Crippen LogP contribution in [-0.2, 0) is 0 Å². The van der Waals surface area contributed by atoms with Crippen molar-refractivity contribution >= 4 is 65.4 Å². The van der Waals surface area contributed by atoms with Crippen LogP contribution in [0.15, 0.2) is 218 Å². The molecule has 0 N–H and O–H groups in total. The lowest BCUT2D eigenvalue weighted by atomic mass is 10.0. The Morgan fingerprint density at radius 3 is 1.37 bits per heavy atom. The van der Waals surface area contributed by atoms with Gasteiger partial charge in [0.25, 0.3) is 0 Å². The SMILES string of the molecule is c1ccc(-c2cccc(-n3c4ccccc4c4c(-c5nc(-c6ccccc6-n6c7ccccc7c7ccccc76)nc(-n6c7ccccc7c7ccccc76)n5)cccc43)c2)cc1. The van der Waals surface area contributed by atoms with Crippen molar-refractivity contribution in [2.45, 2.75) is 0 Å². The zero-order valence-corrected chi connectivity index (χ0v) is 34.0. The van der Waals surface area contributed by atoms with Crippen molar-refractivity contribution in [1.82, 2.24) is 28.7 Å². The van der Waals surface area contributed by atoms with Crippen molar-refractivity contribution in [3.05, 3.63) is 218 Å². The summed E-state index contributed by atoms with van der Waals surface area (Å²) in [6, 6.07) is 77.3. The van der Waals surface area contributed by atoms with E-state index in [-0.39, 0.29) is 0 Å². The second-order valence-corrected chi connectivity index (χ2v) is 16.0. The molecule has 4 heterocycles. The summed E-state index contributed by atoms with van der Waals surface area (Å²) >= 11 is 0.